The van der Waals surface area contributed by atoms with Crippen LogP contribution < -0.4 is 0 Å². The van der Waals surface area contributed by atoms with Crippen LogP contribution >= 0.6 is 27.7 Å². The number of aliphatic hydroxyl groups is 1. The lowest BCUT2D eigenvalue weighted by Gasteiger charge is -2.38. The van der Waals surface area contributed by atoms with Crippen LogP contribution in [0.2, 0.25) is 0 Å². The van der Waals surface area contributed by atoms with Crippen LogP contribution in [-0.2, 0) is 21.1 Å². The van der Waals surface area contributed by atoms with Crippen molar-refractivity contribution < 1.29 is 19.5 Å². The van der Waals surface area contributed by atoms with Crippen LogP contribution in [0.25, 0.3) is 11.0 Å². The number of fused-ring (bicyclic) bond motifs is 2. The van der Waals surface area contributed by atoms with Crippen molar-refractivity contribution in [1.29, 1.82) is 0 Å². The van der Waals surface area contributed by atoms with Gasteiger partial charge in [-0.05, 0) is 37.8 Å². The van der Waals surface area contributed by atoms with E-state index in [0.29, 0.717) is 38.9 Å². The van der Waals surface area contributed by atoms with Crippen molar-refractivity contribution in [3.8, 4) is 0 Å². The molecule has 2 bridgehead atoms. The number of aliphatic hydroxyl groups excluding tert-OH is 1. The van der Waals surface area contributed by atoms with Gasteiger partial charge >= 0.3 is 0 Å². The summed E-state index contributed by atoms with van der Waals surface area (Å²) < 4.78 is 0.942. The van der Waals surface area contributed by atoms with E-state index in [9.17, 15) is 19.5 Å². The lowest BCUT2D eigenvalue weighted by Crippen LogP contribution is -2.56. The second-order valence-electron chi connectivity index (χ2n) is 11.3. The molecule has 0 saturated carbocycles. The summed E-state index contributed by atoms with van der Waals surface area (Å²) in [7, 11) is 0. The number of nitrogens with zero attached hydrogens (tertiary/aromatic N) is 6. The van der Waals surface area contributed by atoms with Crippen molar-refractivity contribution in [3.05, 3.63) is 49.6 Å². The molecule has 6 atom stereocenters. The Morgan fingerprint density at radius 2 is 1.93 bits per heavy atom. The van der Waals surface area contributed by atoms with Gasteiger partial charge in [-0.3, -0.25) is 14.4 Å². The van der Waals surface area contributed by atoms with Gasteiger partial charge in [0.05, 0.1) is 22.1 Å². The summed E-state index contributed by atoms with van der Waals surface area (Å²) in [6.45, 7) is 11.5. The van der Waals surface area contributed by atoms with Crippen molar-refractivity contribution >= 4 is 56.4 Å². The fourth-order valence-electron chi connectivity index (χ4n) is 6.98. The Hall–Kier alpha value is -2.70. The van der Waals surface area contributed by atoms with E-state index in [4.69, 9.17) is 0 Å². The average molecular weight is 660 g/mol. The Morgan fingerprint density at radius 3 is 2.64 bits per heavy atom. The second kappa shape index (κ2) is 12.9. The first-order valence-corrected chi connectivity index (χ1v) is 16.4. The number of para-hydroxylation sites is 1. The zero-order valence-electron chi connectivity index (χ0n) is 24.0. The number of hydrogen-bond donors (Lipinski definition) is 1. The van der Waals surface area contributed by atoms with Crippen LogP contribution in [0.1, 0.15) is 32.6 Å². The van der Waals surface area contributed by atoms with Gasteiger partial charge in [0.15, 0.2) is 0 Å². The maximum absolute atomic E-state index is 14.7. The minimum Gasteiger partial charge on any atom is -0.396 e. The van der Waals surface area contributed by atoms with Gasteiger partial charge < -0.3 is 19.8 Å². The van der Waals surface area contributed by atoms with Gasteiger partial charge in [0.1, 0.15) is 18.2 Å². The molecular formula is C30H39BrN6O4S. The van der Waals surface area contributed by atoms with Crippen molar-refractivity contribution in [2.24, 2.45) is 11.8 Å². The Kier molecular flexibility index (Phi) is 9.44. The predicted octanol–water partition coefficient (Wildman–Crippen LogP) is 3.07. The second-order valence-corrected chi connectivity index (χ2v) is 14.0. The minimum atomic E-state index is -0.754. The predicted molar refractivity (Wildman–Crippen MR) is 167 cm³/mol. The van der Waals surface area contributed by atoms with Crippen LogP contribution in [0.3, 0.4) is 0 Å². The van der Waals surface area contributed by atoms with Crippen molar-refractivity contribution in [2.75, 3.05) is 32.8 Å². The SMILES string of the molecule is C=CCN(Cn1nnc2ccccc21)C(=O)C1N(CCCCO)C(=O)[C@@H]2[C@H](C(=O)N(CC=C)CCC)[C@H]3SC12CC3Br. The third-order valence-electron chi connectivity index (χ3n) is 8.66. The largest absolute Gasteiger partial charge is 0.396 e. The molecule has 12 heteroatoms. The lowest BCUT2D eigenvalue weighted by atomic mass is 9.70. The zero-order chi connectivity index (χ0) is 30.0. The number of thioether (sulfide) groups is 1. The maximum Gasteiger partial charge on any atom is 0.248 e. The molecule has 0 radical (unpaired) electrons. The van der Waals surface area contributed by atoms with Crippen molar-refractivity contribution in [1.82, 2.24) is 29.7 Å². The molecule has 3 saturated heterocycles. The highest BCUT2D eigenvalue weighted by Gasteiger charge is 2.76. The summed E-state index contributed by atoms with van der Waals surface area (Å²) in [4.78, 5) is 48.2. The number of hydrogen-bond acceptors (Lipinski definition) is 7. The van der Waals surface area contributed by atoms with Crippen LogP contribution in [-0.4, -0.2) is 106 Å². The van der Waals surface area contributed by atoms with Gasteiger partial charge in [0, 0.05) is 42.9 Å². The molecule has 226 valence electrons. The van der Waals surface area contributed by atoms with E-state index in [1.54, 1.807) is 43.3 Å². The average Bonchev–Trinajstić information content (AvgIpc) is 3.70. The Morgan fingerprint density at radius 1 is 1.19 bits per heavy atom. The van der Waals surface area contributed by atoms with E-state index in [-0.39, 0.29) is 47.6 Å². The van der Waals surface area contributed by atoms with Crippen LogP contribution in [0, 0.1) is 11.8 Å². The molecule has 3 fully saturated rings. The van der Waals surface area contributed by atoms with Crippen molar-refractivity contribution in [3.63, 3.8) is 0 Å². The van der Waals surface area contributed by atoms with Gasteiger partial charge in [0.2, 0.25) is 17.7 Å². The third kappa shape index (κ3) is 5.19. The summed E-state index contributed by atoms with van der Waals surface area (Å²) in [5.41, 5.74) is 1.53. The molecule has 42 heavy (non-hydrogen) atoms. The fraction of sp³-hybridized carbons (Fsp3) is 0.567. The standard InChI is InChI=1S/C30H39BrN6O4S/c1-4-13-34(14-5-2)27(39)23-24-28(40)36(16-9-10-17-38)26(30(24)18-20(31)25(23)42-30)29(41)35(15-6-3)19-37-22-12-8-7-11-21(22)32-33-37/h4,6-8,11-12,20,23-26,38H,1,3,5,9-10,13-19H2,2H3/t20?,23-,24-,25-,26?,30?/m0/s1. The number of unbranched alkanes of at least 4 members (excludes halogenated alkanes) is 1. The van der Waals surface area contributed by atoms with E-state index in [1.165, 1.54) is 0 Å². The number of amides is 3. The Bertz CT molecular complexity index is 1350. The Labute approximate surface area is 259 Å². The summed E-state index contributed by atoms with van der Waals surface area (Å²) in [5, 5.41) is 17.9. The molecule has 3 aliphatic heterocycles. The van der Waals surface area contributed by atoms with E-state index in [1.807, 2.05) is 31.2 Å². The lowest BCUT2D eigenvalue weighted by molar-refractivity contribution is -0.145. The molecule has 0 aliphatic carbocycles. The fourth-order valence-corrected chi connectivity index (χ4v) is 10.6. The number of carbonyl (C=O) groups is 3. The topological polar surface area (TPSA) is 112 Å². The van der Waals surface area contributed by atoms with Gasteiger partial charge in [-0.25, -0.2) is 4.68 Å². The zero-order valence-corrected chi connectivity index (χ0v) is 26.4. The van der Waals surface area contributed by atoms with E-state index >= 15 is 0 Å². The highest BCUT2D eigenvalue weighted by Crippen LogP contribution is 2.68. The molecule has 2 aromatic rings. The smallest absolute Gasteiger partial charge is 0.248 e. The molecule has 1 aromatic heterocycles. The number of aromatic nitrogens is 3. The minimum absolute atomic E-state index is 0.00607. The van der Waals surface area contributed by atoms with E-state index < -0.39 is 22.6 Å². The normalized spacial score (nSPS) is 27.8. The van der Waals surface area contributed by atoms with Crippen molar-refractivity contribution in [2.45, 2.75) is 60.1 Å². The maximum atomic E-state index is 14.7. The highest BCUT2D eigenvalue weighted by atomic mass is 79.9. The van der Waals surface area contributed by atoms with E-state index in [0.717, 1.165) is 17.5 Å². The monoisotopic (exact) mass is 658 g/mol. The highest BCUT2D eigenvalue weighted by molar-refractivity contribution is 9.09. The van der Waals surface area contributed by atoms with Crippen LogP contribution in [0.4, 0.5) is 0 Å². The first-order chi connectivity index (χ1) is 20.3. The third-order valence-corrected chi connectivity index (χ3v) is 11.9. The molecular weight excluding hydrogens is 620 g/mol. The molecule has 3 aliphatic rings. The molecule has 5 rings (SSSR count). The number of likely N-dealkylation sites (tertiary alicyclic amines) is 1. The number of benzene rings is 1. The van der Waals surface area contributed by atoms with E-state index in [2.05, 4.69) is 39.4 Å². The first-order valence-electron chi connectivity index (χ1n) is 14.6. The van der Waals surface area contributed by atoms with Gasteiger partial charge in [0.25, 0.3) is 0 Å². The molecule has 1 spiro atoms. The summed E-state index contributed by atoms with van der Waals surface area (Å²) in [5.74, 6) is -1.50. The summed E-state index contributed by atoms with van der Waals surface area (Å²) in [6, 6.07) is 6.82. The number of halogens is 1. The molecule has 1 aromatic carbocycles. The van der Waals surface area contributed by atoms with Crippen LogP contribution in [0.5, 0.6) is 0 Å². The molecule has 3 unspecified atom stereocenters. The number of carbonyl (C=O) groups excluding carboxylic acids is 3. The Balaban J connectivity index is 1.53. The van der Waals surface area contributed by atoms with Gasteiger partial charge in [-0.2, -0.15) is 0 Å². The first kappa shape index (κ1) is 30.7. The summed E-state index contributed by atoms with van der Waals surface area (Å²) >= 11 is 5.48. The van der Waals surface area contributed by atoms with Crippen LogP contribution in [0.15, 0.2) is 49.6 Å². The molecule has 3 amide bonds. The molecule has 10 nitrogen and oxygen atoms in total. The number of rotatable bonds is 14. The van der Waals surface area contributed by atoms with Gasteiger partial charge in [-0.1, -0.05) is 52.4 Å². The number of alkyl halides is 1. The molecule has 1 N–H and O–H groups in total. The quantitative estimate of drug-likeness (QED) is 0.189. The summed E-state index contributed by atoms with van der Waals surface area (Å²) in [6.07, 6.45) is 5.89. The van der Waals surface area contributed by atoms with Gasteiger partial charge in [-0.15, -0.1) is 30.0 Å². The molecule has 4 heterocycles.